The maximum atomic E-state index is 13.3. The van der Waals surface area contributed by atoms with Crippen LogP contribution >= 0.6 is 0 Å². The van der Waals surface area contributed by atoms with E-state index in [-0.39, 0.29) is 17.2 Å². The standard InChI is InChI=1S/C23H28N2O4S/c1-4-20(16-15-19-11-7-5-8-12-19)25(23(27)24-22(26)17-18(2)3)30(28,29)21-13-9-6-10-14-21/h4-14,18,20H,1,15-17H2,2-3H3,(H,24,26,27). The van der Waals surface area contributed by atoms with Crippen LogP contribution in [0.1, 0.15) is 32.3 Å². The highest BCUT2D eigenvalue weighted by atomic mass is 32.2. The van der Waals surface area contributed by atoms with E-state index in [9.17, 15) is 18.0 Å². The molecule has 0 aliphatic carbocycles. The quantitative estimate of drug-likeness (QED) is 0.608. The largest absolute Gasteiger partial charge is 0.338 e. The van der Waals surface area contributed by atoms with Gasteiger partial charge >= 0.3 is 6.03 Å². The SMILES string of the molecule is C=CC(CCc1ccccc1)N(C(=O)NC(=O)CC(C)C)S(=O)(=O)c1ccccc1. The topological polar surface area (TPSA) is 83.6 Å². The summed E-state index contributed by atoms with van der Waals surface area (Å²) in [4.78, 5) is 25.1. The summed E-state index contributed by atoms with van der Waals surface area (Å²) in [6.45, 7) is 7.42. The van der Waals surface area contributed by atoms with E-state index in [1.165, 1.54) is 18.2 Å². The molecule has 0 spiro atoms. The maximum absolute atomic E-state index is 13.3. The zero-order valence-corrected chi connectivity index (χ0v) is 18.1. The van der Waals surface area contributed by atoms with E-state index in [1.54, 1.807) is 18.2 Å². The Morgan fingerprint density at radius 3 is 2.13 bits per heavy atom. The predicted molar refractivity (Wildman–Crippen MR) is 117 cm³/mol. The summed E-state index contributed by atoms with van der Waals surface area (Å²) >= 11 is 0. The van der Waals surface area contributed by atoms with Crippen LogP contribution in [-0.4, -0.2) is 30.7 Å². The lowest BCUT2D eigenvalue weighted by Crippen LogP contribution is -2.50. The number of hydrogen-bond acceptors (Lipinski definition) is 4. The summed E-state index contributed by atoms with van der Waals surface area (Å²) in [7, 11) is -4.19. The van der Waals surface area contributed by atoms with Crippen molar-refractivity contribution in [1.29, 1.82) is 0 Å². The Morgan fingerprint density at radius 2 is 1.60 bits per heavy atom. The highest BCUT2D eigenvalue weighted by Crippen LogP contribution is 2.22. The van der Waals surface area contributed by atoms with Crippen LogP contribution in [-0.2, 0) is 21.2 Å². The molecule has 0 saturated carbocycles. The van der Waals surface area contributed by atoms with Crippen LogP contribution in [0.3, 0.4) is 0 Å². The van der Waals surface area contributed by atoms with Gasteiger partial charge in [-0.05, 0) is 36.5 Å². The number of rotatable bonds is 9. The summed E-state index contributed by atoms with van der Waals surface area (Å²) in [5, 5.41) is 2.22. The van der Waals surface area contributed by atoms with Gasteiger partial charge in [-0.25, -0.2) is 17.5 Å². The van der Waals surface area contributed by atoms with Gasteiger partial charge < -0.3 is 0 Å². The molecule has 6 nitrogen and oxygen atoms in total. The number of urea groups is 1. The number of amides is 3. The summed E-state index contributed by atoms with van der Waals surface area (Å²) in [6.07, 6.45) is 2.43. The molecule has 3 amide bonds. The third-order valence-electron chi connectivity index (χ3n) is 4.49. The number of carbonyl (C=O) groups is 2. The minimum atomic E-state index is -4.19. The summed E-state index contributed by atoms with van der Waals surface area (Å²) in [6, 6.07) is 15.5. The fourth-order valence-corrected chi connectivity index (χ4v) is 4.57. The molecule has 1 N–H and O–H groups in total. The van der Waals surface area contributed by atoms with Crippen molar-refractivity contribution >= 4 is 22.0 Å². The first-order valence-electron chi connectivity index (χ1n) is 9.85. The number of aryl methyl sites for hydroxylation is 1. The average molecular weight is 429 g/mol. The molecule has 0 aliphatic heterocycles. The molecule has 30 heavy (non-hydrogen) atoms. The number of imide groups is 1. The summed E-state index contributed by atoms with van der Waals surface area (Å²) in [5.41, 5.74) is 1.01. The van der Waals surface area contributed by atoms with Crippen molar-refractivity contribution in [2.75, 3.05) is 0 Å². The normalized spacial score (nSPS) is 12.2. The first-order valence-corrected chi connectivity index (χ1v) is 11.3. The lowest BCUT2D eigenvalue weighted by atomic mass is 10.1. The van der Waals surface area contributed by atoms with Crippen LogP contribution in [0.5, 0.6) is 0 Å². The van der Waals surface area contributed by atoms with E-state index in [4.69, 9.17) is 0 Å². The predicted octanol–water partition coefficient (Wildman–Crippen LogP) is 4.15. The van der Waals surface area contributed by atoms with Crippen molar-refractivity contribution in [3.05, 3.63) is 78.9 Å². The molecule has 7 heteroatoms. The molecule has 0 aliphatic rings. The minimum absolute atomic E-state index is 0.0250. The second kappa shape index (κ2) is 10.7. The van der Waals surface area contributed by atoms with Crippen LogP contribution < -0.4 is 5.32 Å². The average Bonchev–Trinajstić information content (AvgIpc) is 2.71. The fraction of sp³-hybridized carbons (Fsp3) is 0.304. The van der Waals surface area contributed by atoms with E-state index in [2.05, 4.69) is 11.9 Å². The Hall–Kier alpha value is -2.93. The van der Waals surface area contributed by atoms with Crippen LogP contribution in [0.15, 0.2) is 78.2 Å². The van der Waals surface area contributed by atoms with Gasteiger partial charge in [0.1, 0.15) is 0 Å². The van der Waals surface area contributed by atoms with Crippen molar-refractivity contribution in [2.45, 2.75) is 44.0 Å². The number of nitrogens with one attached hydrogen (secondary N) is 1. The first-order chi connectivity index (χ1) is 14.3. The highest BCUT2D eigenvalue weighted by Gasteiger charge is 2.35. The first kappa shape index (κ1) is 23.3. The molecule has 0 saturated heterocycles. The van der Waals surface area contributed by atoms with Gasteiger partial charge in [-0.2, -0.15) is 0 Å². The lowest BCUT2D eigenvalue weighted by molar-refractivity contribution is -0.120. The Kier molecular flexibility index (Phi) is 8.35. The molecule has 0 bridgehead atoms. The van der Waals surface area contributed by atoms with E-state index in [1.807, 2.05) is 44.2 Å². The molecule has 2 aromatic rings. The second-order valence-corrected chi connectivity index (χ2v) is 9.21. The van der Waals surface area contributed by atoms with Crippen LogP contribution in [0.4, 0.5) is 4.79 Å². The molecule has 0 heterocycles. The van der Waals surface area contributed by atoms with Gasteiger partial charge in [-0.15, -0.1) is 6.58 Å². The number of benzene rings is 2. The maximum Gasteiger partial charge on any atom is 0.338 e. The molecule has 0 aromatic heterocycles. The zero-order valence-electron chi connectivity index (χ0n) is 17.3. The van der Waals surface area contributed by atoms with E-state index < -0.39 is 28.0 Å². The van der Waals surface area contributed by atoms with Gasteiger partial charge in [0.15, 0.2) is 0 Å². The molecule has 0 radical (unpaired) electrons. The minimum Gasteiger partial charge on any atom is -0.277 e. The zero-order chi connectivity index (χ0) is 22.1. The molecule has 1 atom stereocenters. The molecule has 1 unspecified atom stereocenters. The number of hydrogen-bond donors (Lipinski definition) is 1. The van der Waals surface area contributed by atoms with Crippen molar-refractivity contribution in [1.82, 2.24) is 9.62 Å². The molecule has 0 fully saturated rings. The van der Waals surface area contributed by atoms with Crippen LogP contribution in [0.2, 0.25) is 0 Å². The summed E-state index contributed by atoms with van der Waals surface area (Å²) < 4.78 is 27.3. The molecular formula is C23H28N2O4S. The van der Waals surface area contributed by atoms with Crippen LogP contribution in [0, 0.1) is 5.92 Å². The second-order valence-electron chi connectivity index (χ2n) is 7.39. The highest BCUT2D eigenvalue weighted by molar-refractivity contribution is 7.89. The van der Waals surface area contributed by atoms with Crippen LogP contribution in [0.25, 0.3) is 0 Å². The smallest absolute Gasteiger partial charge is 0.277 e. The Bertz CT molecular complexity index is 957. The number of carbonyl (C=O) groups excluding carboxylic acids is 2. The van der Waals surface area contributed by atoms with Gasteiger partial charge in [-0.3, -0.25) is 10.1 Å². The van der Waals surface area contributed by atoms with Crippen molar-refractivity contribution < 1.29 is 18.0 Å². The molecular weight excluding hydrogens is 400 g/mol. The Labute approximate surface area is 178 Å². The van der Waals surface area contributed by atoms with Crippen molar-refractivity contribution in [2.24, 2.45) is 5.92 Å². The molecule has 2 aromatic carbocycles. The summed E-state index contributed by atoms with van der Waals surface area (Å²) in [5.74, 6) is -0.487. The van der Waals surface area contributed by atoms with Gasteiger partial charge in [-0.1, -0.05) is 68.5 Å². The Morgan fingerprint density at radius 1 is 1.03 bits per heavy atom. The van der Waals surface area contributed by atoms with E-state index in [0.29, 0.717) is 12.8 Å². The van der Waals surface area contributed by atoms with Gasteiger partial charge in [0.05, 0.1) is 10.9 Å². The molecule has 160 valence electrons. The number of sulfonamides is 1. The van der Waals surface area contributed by atoms with Crippen molar-refractivity contribution in [3.63, 3.8) is 0 Å². The fourth-order valence-electron chi connectivity index (χ4n) is 3.03. The van der Waals surface area contributed by atoms with E-state index in [0.717, 1.165) is 9.87 Å². The third kappa shape index (κ3) is 6.29. The van der Waals surface area contributed by atoms with Gasteiger partial charge in [0.25, 0.3) is 10.0 Å². The Balaban J connectivity index is 2.34. The van der Waals surface area contributed by atoms with E-state index >= 15 is 0 Å². The monoisotopic (exact) mass is 428 g/mol. The van der Waals surface area contributed by atoms with Gasteiger partial charge in [0, 0.05) is 6.42 Å². The van der Waals surface area contributed by atoms with Gasteiger partial charge in [0.2, 0.25) is 5.91 Å². The third-order valence-corrected chi connectivity index (χ3v) is 6.31. The lowest BCUT2D eigenvalue weighted by Gasteiger charge is -2.29. The number of nitrogens with zero attached hydrogens (tertiary/aromatic N) is 1. The van der Waals surface area contributed by atoms with Crippen molar-refractivity contribution in [3.8, 4) is 0 Å². The molecule has 2 rings (SSSR count).